The van der Waals surface area contributed by atoms with Gasteiger partial charge in [0.1, 0.15) is 6.61 Å². The van der Waals surface area contributed by atoms with Crippen LogP contribution in [-0.2, 0) is 0 Å². The molecule has 0 spiro atoms. The van der Waals surface area contributed by atoms with Crippen LogP contribution < -0.4 is 4.74 Å². The van der Waals surface area contributed by atoms with E-state index in [1.165, 1.54) is 0 Å². The van der Waals surface area contributed by atoms with Crippen LogP contribution in [0.3, 0.4) is 0 Å². The lowest BCUT2D eigenvalue weighted by Gasteiger charge is -2.12. The third kappa shape index (κ3) is 1.46. The molecule has 2 heterocycles. The number of nitrogens with zero attached hydrogens (tertiary/aromatic N) is 1. The van der Waals surface area contributed by atoms with Crippen molar-refractivity contribution >= 4 is 10.8 Å². The Hall–Kier alpha value is -2.42. The predicted octanol–water partition coefficient (Wildman–Crippen LogP) is 3.64. The molecule has 0 amide bonds. The smallest absolute Gasteiger partial charge is 0.205 e. The minimum absolute atomic E-state index is 0.0407. The summed E-state index contributed by atoms with van der Waals surface area (Å²) in [4.78, 5) is 0. The first-order chi connectivity index (χ1) is 9.75. The molecule has 2 aromatic carbocycles. The lowest BCUT2D eigenvalue weighted by Crippen LogP contribution is -2.08. The third-order valence-corrected chi connectivity index (χ3v) is 3.97. The van der Waals surface area contributed by atoms with Crippen molar-refractivity contribution in [2.75, 3.05) is 6.61 Å². The Morgan fingerprint density at radius 2 is 1.90 bits per heavy atom. The Morgan fingerprint density at radius 1 is 1.10 bits per heavy atom. The van der Waals surface area contributed by atoms with Crippen molar-refractivity contribution in [1.29, 1.82) is 0 Å². The summed E-state index contributed by atoms with van der Waals surface area (Å²) >= 11 is 0. The van der Waals surface area contributed by atoms with Gasteiger partial charge in [-0.15, -0.1) is 0 Å². The number of fused-ring (bicyclic) bond motifs is 3. The number of benzene rings is 2. The van der Waals surface area contributed by atoms with Crippen LogP contribution in [0.1, 0.15) is 17.2 Å². The minimum atomic E-state index is 0.0407. The van der Waals surface area contributed by atoms with Gasteiger partial charge in [0.15, 0.2) is 0 Å². The zero-order valence-electron chi connectivity index (χ0n) is 11.2. The van der Waals surface area contributed by atoms with Gasteiger partial charge in [-0.25, -0.2) is 0 Å². The lowest BCUT2D eigenvalue weighted by atomic mass is 10.1. The molecule has 1 N–H and O–H groups in total. The molecule has 0 saturated carbocycles. The number of aromatic hydroxyl groups is 1. The Bertz CT molecular complexity index is 790. The van der Waals surface area contributed by atoms with Gasteiger partial charge in [-0.3, -0.25) is 4.57 Å². The van der Waals surface area contributed by atoms with E-state index >= 15 is 0 Å². The highest BCUT2D eigenvalue weighted by Crippen LogP contribution is 2.45. The van der Waals surface area contributed by atoms with Crippen LogP contribution in [0.2, 0.25) is 0 Å². The molecule has 0 bridgehead atoms. The highest BCUT2D eigenvalue weighted by Gasteiger charge is 2.31. The highest BCUT2D eigenvalue weighted by atomic mass is 16.5. The zero-order valence-corrected chi connectivity index (χ0v) is 11.2. The number of hydrogen-bond acceptors (Lipinski definition) is 2. The molecule has 4 rings (SSSR count). The molecule has 3 nitrogen and oxygen atoms in total. The van der Waals surface area contributed by atoms with Gasteiger partial charge < -0.3 is 9.84 Å². The maximum absolute atomic E-state index is 10.5. The first-order valence-electron chi connectivity index (χ1n) is 6.77. The fourth-order valence-corrected chi connectivity index (χ4v) is 2.98. The third-order valence-electron chi connectivity index (χ3n) is 3.97. The number of hydrogen-bond donors (Lipinski definition) is 1. The summed E-state index contributed by atoms with van der Waals surface area (Å²) in [5.74, 6) is 1.07. The molecule has 3 aromatic rings. The van der Waals surface area contributed by atoms with E-state index in [-0.39, 0.29) is 6.04 Å². The number of rotatable bonds is 1. The van der Waals surface area contributed by atoms with Crippen molar-refractivity contribution in [2.45, 2.75) is 13.0 Å². The van der Waals surface area contributed by atoms with Crippen molar-refractivity contribution in [3.63, 3.8) is 0 Å². The molecular weight excluding hydrogens is 250 g/mol. The SMILES string of the molecule is Cc1ccc2c(O)n3c(c2c1)OCC3c1ccccc1. The Morgan fingerprint density at radius 3 is 2.70 bits per heavy atom. The van der Waals surface area contributed by atoms with Gasteiger partial charge in [-0.1, -0.05) is 42.0 Å². The van der Waals surface area contributed by atoms with Crippen LogP contribution in [-0.4, -0.2) is 16.3 Å². The molecule has 0 fully saturated rings. The second-order valence-electron chi connectivity index (χ2n) is 5.29. The lowest BCUT2D eigenvalue weighted by molar-refractivity contribution is 0.343. The van der Waals surface area contributed by atoms with E-state index in [0.29, 0.717) is 12.5 Å². The monoisotopic (exact) mass is 265 g/mol. The summed E-state index contributed by atoms with van der Waals surface area (Å²) in [7, 11) is 0. The second kappa shape index (κ2) is 4.04. The molecule has 1 atom stereocenters. The van der Waals surface area contributed by atoms with E-state index in [1.54, 1.807) is 0 Å². The molecule has 1 unspecified atom stereocenters. The number of ether oxygens (including phenoxy) is 1. The Balaban J connectivity index is 1.96. The molecule has 20 heavy (non-hydrogen) atoms. The van der Waals surface area contributed by atoms with Gasteiger partial charge in [0.25, 0.3) is 0 Å². The fourth-order valence-electron chi connectivity index (χ4n) is 2.98. The standard InChI is InChI=1S/C17H15NO2/c1-11-7-8-13-14(9-11)17-18(16(13)19)15(10-20-17)12-5-3-2-4-6-12/h2-9,15,19H,10H2,1H3. The maximum Gasteiger partial charge on any atom is 0.205 e. The normalized spacial score (nSPS) is 17.1. The van der Waals surface area contributed by atoms with Gasteiger partial charge in [0, 0.05) is 10.8 Å². The van der Waals surface area contributed by atoms with E-state index < -0.39 is 0 Å². The molecule has 100 valence electrons. The molecule has 1 aromatic heterocycles. The first-order valence-corrected chi connectivity index (χ1v) is 6.77. The van der Waals surface area contributed by atoms with E-state index in [4.69, 9.17) is 4.74 Å². The molecule has 1 aliphatic heterocycles. The van der Waals surface area contributed by atoms with Crippen LogP contribution in [0.5, 0.6) is 11.8 Å². The quantitative estimate of drug-likeness (QED) is 0.729. The van der Waals surface area contributed by atoms with Gasteiger partial charge in [-0.2, -0.15) is 0 Å². The van der Waals surface area contributed by atoms with Crippen molar-refractivity contribution in [1.82, 2.24) is 4.57 Å². The van der Waals surface area contributed by atoms with Crippen molar-refractivity contribution in [3.05, 3.63) is 59.7 Å². The summed E-state index contributed by atoms with van der Waals surface area (Å²) in [6.45, 7) is 2.61. The second-order valence-corrected chi connectivity index (χ2v) is 5.29. The minimum Gasteiger partial charge on any atom is -0.494 e. The van der Waals surface area contributed by atoms with Crippen LogP contribution >= 0.6 is 0 Å². The Labute approximate surface area is 117 Å². The molecule has 3 heteroatoms. The van der Waals surface area contributed by atoms with E-state index in [0.717, 1.165) is 27.8 Å². The molecule has 0 saturated heterocycles. The number of aryl methyl sites for hydroxylation is 1. The van der Waals surface area contributed by atoms with Gasteiger partial charge in [-0.05, 0) is 24.6 Å². The summed E-state index contributed by atoms with van der Waals surface area (Å²) in [6, 6.07) is 16.2. The predicted molar refractivity (Wildman–Crippen MR) is 78.4 cm³/mol. The topological polar surface area (TPSA) is 34.4 Å². The van der Waals surface area contributed by atoms with Crippen LogP contribution in [0, 0.1) is 6.92 Å². The zero-order chi connectivity index (χ0) is 13.7. The average molecular weight is 265 g/mol. The van der Waals surface area contributed by atoms with Gasteiger partial charge in [0.05, 0.1) is 6.04 Å². The van der Waals surface area contributed by atoms with Crippen LogP contribution in [0.15, 0.2) is 48.5 Å². The van der Waals surface area contributed by atoms with Crippen LogP contribution in [0.25, 0.3) is 10.8 Å². The van der Waals surface area contributed by atoms with Gasteiger partial charge in [0.2, 0.25) is 11.8 Å². The van der Waals surface area contributed by atoms with E-state index in [2.05, 4.69) is 18.2 Å². The first kappa shape index (κ1) is 11.4. The van der Waals surface area contributed by atoms with Crippen LogP contribution in [0.4, 0.5) is 0 Å². The Kier molecular flexibility index (Phi) is 2.30. The average Bonchev–Trinajstić information content (AvgIpc) is 3.01. The summed E-state index contributed by atoms with van der Waals surface area (Å²) in [5.41, 5.74) is 2.32. The molecule has 0 aliphatic carbocycles. The fraction of sp³-hybridized carbons (Fsp3) is 0.176. The van der Waals surface area contributed by atoms with E-state index in [9.17, 15) is 5.11 Å². The van der Waals surface area contributed by atoms with Crippen molar-refractivity contribution < 1.29 is 9.84 Å². The highest BCUT2D eigenvalue weighted by molar-refractivity contribution is 5.94. The summed E-state index contributed by atoms with van der Waals surface area (Å²) in [5, 5.41) is 12.4. The van der Waals surface area contributed by atoms with Crippen molar-refractivity contribution in [2.24, 2.45) is 0 Å². The van der Waals surface area contributed by atoms with Crippen molar-refractivity contribution in [3.8, 4) is 11.8 Å². The molecular formula is C17H15NO2. The molecule has 0 radical (unpaired) electrons. The van der Waals surface area contributed by atoms with Gasteiger partial charge >= 0.3 is 0 Å². The largest absolute Gasteiger partial charge is 0.494 e. The summed E-state index contributed by atoms with van der Waals surface area (Å²) < 4.78 is 7.76. The molecule has 1 aliphatic rings. The van der Waals surface area contributed by atoms with E-state index in [1.807, 2.05) is 41.8 Å². The summed E-state index contributed by atoms with van der Waals surface area (Å²) in [6.07, 6.45) is 0. The maximum atomic E-state index is 10.5. The number of aromatic nitrogens is 1.